The molecule has 1 saturated heterocycles. The van der Waals surface area contributed by atoms with E-state index in [4.69, 9.17) is 4.74 Å². The molecule has 5 rings (SSSR count). The van der Waals surface area contributed by atoms with Gasteiger partial charge in [-0.2, -0.15) is 0 Å². The summed E-state index contributed by atoms with van der Waals surface area (Å²) < 4.78 is 6.25. The van der Waals surface area contributed by atoms with Crippen molar-refractivity contribution in [2.75, 3.05) is 32.8 Å². The number of aliphatic hydroxyl groups excluding tert-OH is 1. The molecular weight excluding hydrogens is 432 g/mol. The molecule has 0 unspecified atom stereocenters. The van der Waals surface area contributed by atoms with E-state index in [0.717, 1.165) is 64.2 Å². The van der Waals surface area contributed by atoms with Crippen molar-refractivity contribution in [2.24, 2.45) is 0 Å². The van der Waals surface area contributed by atoms with Gasteiger partial charge in [-0.05, 0) is 96.6 Å². The van der Waals surface area contributed by atoms with Gasteiger partial charge in [0.1, 0.15) is 5.75 Å². The van der Waals surface area contributed by atoms with E-state index in [9.17, 15) is 5.11 Å². The second kappa shape index (κ2) is 10.9. The summed E-state index contributed by atoms with van der Waals surface area (Å²) in [5.74, 6) is 0.975. The minimum absolute atomic E-state index is 0.112. The van der Waals surface area contributed by atoms with Gasteiger partial charge in [0, 0.05) is 26.2 Å². The number of nitrogens with zero attached hydrogens (tertiary/aromatic N) is 1. The first-order chi connectivity index (χ1) is 17.1. The SMILES string of the molecule is Cc1c(OCCCN2CCC(O)CC2)cccc1-c1cccc(-c2ccc3c(c2)CCNC3)c1C. The number of benzene rings is 3. The predicted molar refractivity (Wildman–Crippen MR) is 144 cm³/mol. The van der Waals surface area contributed by atoms with E-state index in [0.29, 0.717) is 6.61 Å². The van der Waals surface area contributed by atoms with Crippen LogP contribution in [0, 0.1) is 13.8 Å². The highest BCUT2D eigenvalue weighted by Gasteiger charge is 2.17. The molecule has 0 radical (unpaired) electrons. The number of ether oxygens (including phenoxy) is 1. The van der Waals surface area contributed by atoms with Crippen LogP contribution in [-0.2, 0) is 13.0 Å². The molecule has 0 spiro atoms. The molecule has 1 fully saturated rings. The number of piperidine rings is 1. The van der Waals surface area contributed by atoms with Crippen molar-refractivity contribution in [3.63, 3.8) is 0 Å². The summed E-state index contributed by atoms with van der Waals surface area (Å²) in [6.07, 6.45) is 3.77. The van der Waals surface area contributed by atoms with Crippen LogP contribution in [0.25, 0.3) is 22.3 Å². The quantitative estimate of drug-likeness (QED) is 0.447. The number of likely N-dealkylation sites (tertiary alicyclic amines) is 1. The third-order valence-corrected chi connectivity index (χ3v) is 7.75. The van der Waals surface area contributed by atoms with Crippen LogP contribution in [0.4, 0.5) is 0 Å². The van der Waals surface area contributed by atoms with Crippen LogP contribution in [0.15, 0.2) is 54.6 Å². The van der Waals surface area contributed by atoms with E-state index >= 15 is 0 Å². The Labute approximate surface area is 209 Å². The van der Waals surface area contributed by atoms with Gasteiger partial charge in [0.15, 0.2) is 0 Å². The first-order valence-electron chi connectivity index (χ1n) is 13.2. The van der Waals surface area contributed by atoms with Gasteiger partial charge < -0.3 is 20.1 Å². The molecule has 3 aromatic rings. The normalized spacial score (nSPS) is 16.8. The summed E-state index contributed by atoms with van der Waals surface area (Å²) in [7, 11) is 0. The van der Waals surface area contributed by atoms with Gasteiger partial charge in [0.25, 0.3) is 0 Å². The van der Waals surface area contributed by atoms with Gasteiger partial charge in [-0.3, -0.25) is 0 Å². The fourth-order valence-corrected chi connectivity index (χ4v) is 5.56. The standard InChI is InChI=1S/C31H38N2O2/c1-22-28(25-10-11-26-21-32-15-12-24(26)20-25)6-3-7-29(22)30-8-4-9-31(23(30)2)35-19-5-16-33-17-13-27(34)14-18-33/h3-4,6-11,20,27,32,34H,5,12-19,21H2,1-2H3. The molecule has 4 nitrogen and oxygen atoms in total. The summed E-state index contributed by atoms with van der Waals surface area (Å²) >= 11 is 0. The first kappa shape index (κ1) is 24.1. The van der Waals surface area contributed by atoms with E-state index in [1.807, 2.05) is 0 Å². The number of hydrogen-bond donors (Lipinski definition) is 2. The largest absolute Gasteiger partial charge is 0.493 e. The topological polar surface area (TPSA) is 44.7 Å². The first-order valence-corrected chi connectivity index (χ1v) is 13.2. The highest BCUT2D eigenvalue weighted by atomic mass is 16.5. The smallest absolute Gasteiger partial charge is 0.122 e. The second-order valence-corrected chi connectivity index (χ2v) is 10.1. The zero-order valence-electron chi connectivity index (χ0n) is 21.1. The maximum absolute atomic E-state index is 9.69. The molecule has 35 heavy (non-hydrogen) atoms. The summed E-state index contributed by atoms with van der Waals surface area (Å²) in [4.78, 5) is 2.44. The Bertz CT molecular complexity index is 1160. The average molecular weight is 471 g/mol. The monoisotopic (exact) mass is 470 g/mol. The van der Waals surface area contributed by atoms with Crippen LogP contribution in [0.3, 0.4) is 0 Å². The Morgan fingerprint density at radius 2 is 1.66 bits per heavy atom. The van der Waals surface area contributed by atoms with Gasteiger partial charge in [-0.15, -0.1) is 0 Å². The highest BCUT2D eigenvalue weighted by Crippen LogP contribution is 2.36. The Kier molecular flexibility index (Phi) is 7.52. The summed E-state index contributed by atoms with van der Waals surface area (Å²) in [6, 6.07) is 20.0. The lowest BCUT2D eigenvalue weighted by atomic mass is 9.89. The van der Waals surface area contributed by atoms with E-state index < -0.39 is 0 Å². The molecule has 2 heterocycles. The molecule has 2 aliphatic rings. The Hall–Kier alpha value is -2.66. The maximum Gasteiger partial charge on any atom is 0.122 e. The highest BCUT2D eigenvalue weighted by molar-refractivity contribution is 5.80. The van der Waals surface area contributed by atoms with Gasteiger partial charge in [-0.1, -0.05) is 48.5 Å². The summed E-state index contributed by atoms with van der Waals surface area (Å²) in [5.41, 5.74) is 10.5. The van der Waals surface area contributed by atoms with Crippen molar-refractivity contribution in [1.29, 1.82) is 0 Å². The average Bonchev–Trinajstić information content (AvgIpc) is 2.88. The minimum atomic E-state index is -0.112. The molecule has 2 aliphatic heterocycles. The van der Waals surface area contributed by atoms with Gasteiger partial charge in [0.05, 0.1) is 12.7 Å². The number of rotatable bonds is 7. The van der Waals surface area contributed by atoms with E-state index in [1.165, 1.54) is 44.5 Å². The maximum atomic E-state index is 9.69. The number of fused-ring (bicyclic) bond motifs is 1. The van der Waals surface area contributed by atoms with Crippen LogP contribution in [0.2, 0.25) is 0 Å². The number of aliphatic hydroxyl groups is 1. The minimum Gasteiger partial charge on any atom is -0.493 e. The van der Waals surface area contributed by atoms with E-state index in [2.05, 4.69) is 78.7 Å². The Morgan fingerprint density at radius 1 is 0.914 bits per heavy atom. The van der Waals surface area contributed by atoms with Crippen LogP contribution in [0.5, 0.6) is 5.75 Å². The third kappa shape index (κ3) is 5.45. The lowest BCUT2D eigenvalue weighted by molar-refractivity contribution is 0.0800. The predicted octanol–water partition coefficient (Wildman–Crippen LogP) is 5.51. The van der Waals surface area contributed by atoms with Gasteiger partial charge in [0.2, 0.25) is 0 Å². The van der Waals surface area contributed by atoms with Crippen LogP contribution >= 0.6 is 0 Å². The van der Waals surface area contributed by atoms with Crippen molar-refractivity contribution in [2.45, 2.75) is 52.2 Å². The van der Waals surface area contributed by atoms with Crippen LogP contribution in [0.1, 0.15) is 41.5 Å². The second-order valence-electron chi connectivity index (χ2n) is 10.1. The van der Waals surface area contributed by atoms with Crippen molar-refractivity contribution in [3.8, 4) is 28.0 Å². The fraction of sp³-hybridized carbons (Fsp3) is 0.419. The lowest BCUT2D eigenvalue weighted by Gasteiger charge is -2.29. The molecule has 0 atom stereocenters. The van der Waals surface area contributed by atoms with Gasteiger partial charge in [-0.25, -0.2) is 0 Å². The van der Waals surface area contributed by atoms with E-state index in [-0.39, 0.29) is 6.10 Å². The molecule has 0 amide bonds. The molecule has 0 saturated carbocycles. The van der Waals surface area contributed by atoms with Crippen molar-refractivity contribution < 1.29 is 9.84 Å². The zero-order valence-corrected chi connectivity index (χ0v) is 21.1. The summed E-state index contributed by atoms with van der Waals surface area (Å²) in [6.45, 7) is 10.2. The molecule has 0 aliphatic carbocycles. The van der Waals surface area contributed by atoms with Crippen molar-refractivity contribution in [3.05, 3.63) is 76.9 Å². The molecule has 3 aromatic carbocycles. The molecule has 0 bridgehead atoms. The number of nitrogens with one attached hydrogen (secondary N) is 1. The Balaban J connectivity index is 1.31. The third-order valence-electron chi connectivity index (χ3n) is 7.75. The number of hydrogen-bond acceptors (Lipinski definition) is 4. The van der Waals surface area contributed by atoms with Crippen molar-refractivity contribution >= 4 is 0 Å². The Morgan fingerprint density at radius 3 is 2.49 bits per heavy atom. The molecule has 2 N–H and O–H groups in total. The van der Waals surface area contributed by atoms with Gasteiger partial charge >= 0.3 is 0 Å². The fourth-order valence-electron chi connectivity index (χ4n) is 5.56. The molecule has 4 heteroatoms. The molecule has 0 aromatic heterocycles. The van der Waals surface area contributed by atoms with Crippen LogP contribution < -0.4 is 10.1 Å². The summed E-state index contributed by atoms with van der Waals surface area (Å²) in [5, 5.41) is 13.2. The van der Waals surface area contributed by atoms with Crippen molar-refractivity contribution in [1.82, 2.24) is 10.2 Å². The zero-order chi connectivity index (χ0) is 24.2. The lowest BCUT2D eigenvalue weighted by Crippen LogP contribution is -2.36. The molecular formula is C31H38N2O2. The van der Waals surface area contributed by atoms with Crippen LogP contribution in [-0.4, -0.2) is 48.9 Å². The van der Waals surface area contributed by atoms with E-state index in [1.54, 1.807) is 0 Å². The molecule has 184 valence electrons.